The van der Waals surface area contributed by atoms with Gasteiger partial charge in [-0.3, -0.25) is 9.59 Å². The van der Waals surface area contributed by atoms with Crippen molar-refractivity contribution in [3.05, 3.63) is 35.6 Å². The van der Waals surface area contributed by atoms with Gasteiger partial charge in [0.2, 0.25) is 11.8 Å². The molecule has 0 aromatic heterocycles. The van der Waals surface area contributed by atoms with Crippen LogP contribution < -0.4 is 10.6 Å². The molecule has 2 amide bonds. The first kappa shape index (κ1) is 14.5. The predicted molar refractivity (Wildman–Crippen MR) is 73.2 cm³/mol. The number of rotatable bonds is 5. The second-order valence-corrected chi connectivity index (χ2v) is 5.07. The van der Waals surface area contributed by atoms with Crippen molar-refractivity contribution in [2.45, 2.75) is 32.2 Å². The van der Waals surface area contributed by atoms with Gasteiger partial charge in [-0.25, -0.2) is 4.39 Å². The van der Waals surface area contributed by atoms with Crippen molar-refractivity contribution in [3.8, 4) is 0 Å². The largest absolute Gasteiger partial charge is 0.350 e. The van der Waals surface area contributed by atoms with Gasteiger partial charge in [-0.05, 0) is 18.9 Å². The van der Waals surface area contributed by atoms with Crippen LogP contribution in [0.1, 0.15) is 31.2 Å². The lowest BCUT2D eigenvalue weighted by molar-refractivity contribution is -0.128. The summed E-state index contributed by atoms with van der Waals surface area (Å²) in [5, 5.41) is 5.22. The van der Waals surface area contributed by atoms with Crippen LogP contribution in [-0.4, -0.2) is 18.4 Å². The smallest absolute Gasteiger partial charge is 0.239 e. The molecule has 5 heteroatoms. The summed E-state index contributed by atoms with van der Waals surface area (Å²) < 4.78 is 13.3. The fraction of sp³-hybridized carbons (Fsp3) is 0.467. The van der Waals surface area contributed by atoms with Gasteiger partial charge in [-0.15, -0.1) is 0 Å². The van der Waals surface area contributed by atoms with E-state index in [1.165, 1.54) is 6.07 Å². The molecule has 1 saturated carbocycles. The first-order chi connectivity index (χ1) is 9.66. The molecule has 4 nitrogen and oxygen atoms in total. The Morgan fingerprint density at radius 2 is 1.85 bits per heavy atom. The van der Waals surface area contributed by atoms with E-state index in [4.69, 9.17) is 0 Å². The molecule has 1 aromatic rings. The Balaban J connectivity index is 1.70. The van der Waals surface area contributed by atoms with E-state index in [2.05, 4.69) is 10.6 Å². The Morgan fingerprint density at radius 3 is 2.55 bits per heavy atom. The van der Waals surface area contributed by atoms with Gasteiger partial charge in [-0.1, -0.05) is 31.0 Å². The minimum Gasteiger partial charge on any atom is -0.350 e. The van der Waals surface area contributed by atoms with Gasteiger partial charge in [0.05, 0.1) is 6.54 Å². The topological polar surface area (TPSA) is 58.2 Å². The summed E-state index contributed by atoms with van der Waals surface area (Å²) in [6.07, 6.45) is 3.97. The second kappa shape index (κ2) is 7.03. The fourth-order valence-electron chi connectivity index (χ4n) is 2.40. The van der Waals surface area contributed by atoms with Gasteiger partial charge in [0.1, 0.15) is 5.82 Å². The minimum atomic E-state index is -0.345. The lowest BCUT2D eigenvalue weighted by Gasteiger charge is -2.10. The highest BCUT2D eigenvalue weighted by Crippen LogP contribution is 2.24. The van der Waals surface area contributed by atoms with Crippen LogP contribution in [0, 0.1) is 11.7 Å². The fourth-order valence-corrected chi connectivity index (χ4v) is 2.40. The molecule has 0 aliphatic heterocycles. The lowest BCUT2D eigenvalue weighted by atomic mass is 10.1. The maximum absolute atomic E-state index is 13.3. The molecule has 0 spiro atoms. The number of hydrogen-bond acceptors (Lipinski definition) is 2. The van der Waals surface area contributed by atoms with Crippen molar-refractivity contribution >= 4 is 11.8 Å². The molecule has 0 saturated heterocycles. The van der Waals surface area contributed by atoms with E-state index >= 15 is 0 Å². The molecule has 1 aliphatic carbocycles. The third-order valence-corrected chi connectivity index (χ3v) is 3.58. The van der Waals surface area contributed by atoms with E-state index in [1.54, 1.807) is 18.2 Å². The summed E-state index contributed by atoms with van der Waals surface area (Å²) in [5.41, 5.74) is 0.433. The Morgan fingerprint density at radius 1 is 1.15 bits per heavy atom. The normalized spacial score (nSPS) is 15.1. The lowest BCUT2D eigenvalue weighted by Crippen LogP contribution is -2.39. The molecule has 2 N–H and O–H groups in total. The molecule has 0 radical (unpaired) electrons. The van der Waals surface area contributed by atoms with Crippen molar-refractivity contribution in [1.82, 2.24) is 10.6 Å². The molecule has 20 heavy (non-hydrogen) atoms. The van der Waals surface area contributed by atoms with Crippen LogP contribution in [0.3, 0.4) is 0 Å². The van der Waals surface area contributed by atoms with Crippen molar-refractivity contribution in [3.63, 3.8) is 0 Å². The SMILES string of the molecule is O=C(CNC(=O)C1CCCC1)NCc1ccccc1F. The van der Waals surface area contributed by atoms with Gasteiger partial charge in [0.25, 0.3) is 0 Å². The van der Waals surface area contributed by atoms with Crippen molar-refractivity contribution in [2.24, 2.45) is 5.92 Å². The first-order valence-corrected chi connectivity index (χ1v) is 6.94. The molecule has 0 atom stereocenters. The van der Waals surface area contributed by atoms with Crippen LogP contribution in [0.2, 0.25) is 0 Å². The predicted octanol–water partition coefficient (Wildman–Crippen LogP) is 1.75. The van der Waals surface area contributed by atoms with Gasteiger partial charge in [-0.2, -0.15) is 0 Å². The van der Waals surface area contributed by atoms with E-state index in [0.717, 1.165) is 25.7 Å². The Bertz CT molecular complexity index is 485. The number of carbonyl (C=O) groups is 2. The Labute approximate surface area is 117 Å². The van der Waals surface area contributed by atoms with Gasteiger partial charge in [0.15, 0.2) is 0 Å². The molecule has 0 bridgehead atoms. The summed E-state index contributed by atoms with van der Waals surface area (Å²) in [4.78, 5) is 23.3. The summed E-state index contributed by atoms with van der Waals surface area (Å²) >= 11 is 0. The minimum absolute atomic E-state index is 0.0503. The summed E-state index contributed by atoms with van der Waals surface area (Å²) in [6.45, 7) is 0.0780. The molecule has 2 rings (SSSR count). The standard InChI is InChI=1S/C15H19FN2O2/c16-13-8-4-3-7-12(13)9-17-14(19)10-18-15(20)11-5-1-2-6-11/h3-4,7-8,11H,1-2,5-6,9-10H2,(H,17,19)(H,18,20). The third-order valence-electron chi connectivity index (χ3n) is 3.58. The Hall–Kier alpha value is -1.91. The number of nitrogens with one attached hydrogen (secondary N) is 2. The van der Waals surface area contributed by atoms with Crippen LogP contribution in [0.25, 0.3) is 0 Å². The molecule has 108 valence electrons. The summed E-state index contributed by atoms with van der Waals surface area (Å²) in [6, 6.07) is 6.28. The number of carbonyl (C=O) groups excluding carboxylic acids is 2. The van der Waals surface area contributed by atoms with Crippen molar-refractivity contribution in [2.75, 3.05) is 6.54 Å². The summed E-state index contributed by atoms with van der Waals surface area (Å²) in [7, 11) is 0. The first-order valence-electron chi connectivity index (χ1n) is 6.94. The Kier molecular flexibility index (Phi) is 5.09. The number of hydrogen-bond donors (Lipinski definition) is 2. The molecular weight excluding hydrogens is 259 g/mol. The van der Waals surface area contributed by atoms with Crippen LogP contribution in [0.4, 0.5) is 4.39 Å². The maximum atomic E-state index is 13.3. The van der Waals surface area contributed by atoms with Crippen molar-refractivity contribution in [1.29, 1.82) is 0 Å². The van der Waals surface area contributed by atoms with Crippen LogP contribution in [0.15, 0.2) is 24.3 Å². The monoisotopic (exact) mass is 278 g/mol. The number of halogens is 1. The zero-order chi connectivity index (χ0) is 14.4. The van der Waals surface area contributed by atoms with Crippen LogP contribution in [-0.2, 0) is 16.1 Å². The second-order valence-electron chi connectivity index (χ2n) is 5.07. The molecule has 1 aromatic carbocycles. The molecule has 1 fully saturated rings. The zero-order valence-electron chi connectivity index (χ0n) is 11.3. The number of benzene rings is 1. The molecule has 0 heterocycles. The van der Waals surface area contributed by atoms with E-state index in [1.807, 2.05) is 0 Å². The maximum Gasteiger partial charge on any atom is 0.239 e. The zero-order valence-corrected chi connectivity index (χ0v) is 11.3. The van der Waals surface area contributed by atoms with E-state index < -0.39 is 0 Å². The highest BCUT2D eigenvalue weighted by atomic mass is 19.1. The highest BCUT2D eigenvalue weighted by molar-refractivity contribution is 5.85. The van der Waals surface area contributed by atoms with E-state index in [9.17, 15) is 14.0 Å². The van der Waals surface area contributed by atoms with Crippen LogP contribution in [0.5, 0.6) is 0 Å². The third kappa shape index (κ3) is 4.05. The molecular formula is C15H19FN2O2. The summed E-state index contributed by atoms with van der Waals surface area (Å²) in [5.74, 6) is -0.652. The van der Waals surface area contributed by atoms with Crippen LogP contribution >= 0.6 is 0 Å². The quantitative estimate of drug-likeness (QED) is 0.862. The van der Waals surface area contributed by atoms with Gasteiger partial charge in [0, 0.05) is 18.0 Å². The van der Waals surface area contributed by atoms with E-state index in [-0.39, 0.29) is 36.6 Å². The molecule has 1 aliphatic rings. The van der Waals surface area contributed by atoms with Gasteiger partial charge < -0.3 is 10.6 Å². The molecule has 0 unspecified atom stereocenters. The van der Waals surface area contributed by atoms with E-state index in [0.29, 0.717) is 5.56 Å². The average Bonchev–Trinajstić information content (AvgIpc) is 2.98. The van der Waals surface area contributed by atoms with Crippen molar-refractivity contribution < 1.29 is 14.0 Å². The average molecular weight is 278 g/mol. The highest BCUT2D eigenvalue weighted by Gasteiger charge is 2.22. The number of amides is 2. The van der Waals surface area contributed by atoms with Gasteiger partial charge >= 0.3 is 0 Å².